The third-order valence-corrected chi connectivity index (χ3v) is 19.5. The summed E-state index contributed by atoms with van der Waals surface area (Å²) in [5, 5.41) is 33.2. The number of carbonyl (C=O) groups excluding carboxylic acids is 2. The summed E-state index contributed by atoms with van der Waals surface area (Å²) in [7, 11) is 4.94. The van der Waals surface area contributed by atoms with Crippen molar-refractivity contribution in [2.75, 3.05) is 101 Å². The van der Waals surface area contributed by atoms with E-state index in [2.05, 4.69) is 24.5 Å². The van der Waals surface area contributed by atoms with Crippen LogP contribution in [0.5, 0.6) is 51.7 Å². The van der Waals surface area contributed by atoms with Gasteiger partial charge in [0.1, 0.15) is 104 Å². The number of nitrogens with zero attached hydrogens (tertiary/aromatic N) is 2. The van der Waals surface area contributed by atoms with Crippen LogP contribution < -0.4 is 38.5 Å². The van der Waals surface area contributed by atoms with Crippen LogP contribution in [-0.2, 0) is 94.1 Å². The molecule has 0 atom stereocenters. The van der Waals surface area contributed by atoms with Crippen LogP contribution in [0.4, 0.5) is 0 Å². The normalized spacial score (nSPS) is 12.1. The van der Waals surface area contributed by atoms with E-state index in [9.17, 15) is 29.7 Å². The van der Waals surface area contributed by atoms with E-state index in [0.29, 0.717) is 159 Å². The molecule has 0 spiro atoms. The smallest absolute Gasteiger partial charge is 0.339 e. The van der Waals surface area contributed by atoms with Crippen LogP contribution in [0, 0.1) is 0 Å². The highest BCUT2D eigenvalue weighted by Crippen LogP contribution is 2.41. The Hall–Kier alpha value is -12.0. The first-order valence-electron chi connectivity index (χ1n) is 39.7. The van der Waals surface area contributed by atoms with Crippen molar-refractivity contribution in [3.8, 4) is 51.7 Å². The van der Waals surface area contributed by atoms with Crippen molar-refractivity contribution >= 4 is 28.9 Å². The molecule has 0 radical (unpaired) electrons. The molecule has 0 bridgehead atoms. The van der Waals surface area contributed by atoms with Crippen molar-refractivity contribution in [1.29, 1.82) is 0 Å². The number of aromatic hydroxyl groups is 2. The van der Waals surface area contributed by atoms with Gasteiger partial charge in [-0.25, -0.2) is 4.79 Å². The van der Waals surface area contributed by atoms with Gasteiger partial charge < -0.3 is 92.0 Å². The first kappa shape index (κ1) is 89.4. The summed E-state index contributed by atoms with van der Waals surface area (Å²) in [4.78, 5) is 42.5. The Balaban J connectivity index is 0.000000175. The van der Waals surface area contributed by atoms with Gasteiger partial charge in [-0.1, -0.05) is 185 Å². The summed E-state index contributed by atoms with van der Waals surface area (Å²) in [6.07, 6.45) is 0. The molecule has 0 saturated heterocycles. The van der Waals surface area contributed by atoms with Gasteiger partial charge in [0, 0.05) is 93.5 Å². The Morgan fingerprint density at radius 2 is 0.714 bits per heavy atom. The average Bonchev–Trinajstić information content (AvgIpc) is 1.71. The summed E-state index contributed by atoms with van der Waals surface area (Å²) < 4.78 is 73.2. The Morgan fingerprint density at radius 1 is 0.361 bits per heavy atom. The Morgan fingerprint density at radius 3 is 1.09 bits per heavy atom. The summed E-state index contributed by atoms with van der Waals surface area (Å²) in [6.45, 7) is 26.9. The molecule has 13 rings (SSSR count). The predicted molar refractivity (Wildman–Crippen MR) is 458 cm³/mol. The quantitative estimate of drug-likeness (QED) is 0.0261. The van der Waals surface area contributed by atoms with Crippen LogP contribution in [0.3, 0.4) is 0 Å². The maximum absolute atomic E-state index is 14.2. The SMILES string of the molecule is C=C(C)c1cc(C(=O)N2Cc3cccc(OCCOCCOC)c3C2)c(OCc2ccccc2)cc1OCc1ccccc1.C=C(C)c1cc(C(=O)O)c(OCc2ccccc2)cc1OCc1ccccc1.COCCOCCOc1cccc2c1CN(C(=O)c1cc(C(C)C)c(O)cc1O)C2.COCCOCCOc1cccc2c1CNC2. The van der Waals surface area contributed by atoms with Gasteiger partial charge in [0.15, 0.2) is 0 Å². The highest BCUT2D eigenvalue weighted by atomic mass is 16.6. The van der Waals surface area contributed by atoms with E-state index in [1.807, 2.05) is 215 Å². The highest BCUT2D eigenvalue weighted by Gasteiger charge is 2.32. The van der Waals surface area contributed by atoms with Crippen LogP contribution in [0.25, 0.3) is 11.1 Å². The second kappa shape index (κ2) is 46.8. The number of phenolic OH excluding ortho intramolecular Hbond substituents is 2. The number of ether oxygens (including phenoxy) is 13. The van der Waals surface area contributed by atoms with Gasteiger partial charge in [0.2, 0.25) is 0 Å². The minimum Gasteiger partial charge on any atom is -0.508 e. The van der Waals surface area contributed by atoms with E-state index in [4.69, 9.17) is 61.6 Å². The molecule has 0 aromatic heterocycles. The van der Waals surface area contributed by atoms with Gasteiger partial charge in [-0.3, -0.25) is 9.59 Å². The maximum Gasteiger partial charge on any atom is 0.339 e. The number of rotatable bonds is 39. The molecular weight excluding hydrogens is 1510 g/mol. The van der Waals surface area contributed by atoms with Crippen molar-refractivity contribution in [1.82, 2.24) is 15.1 Å². The number of nitrogens with one attached hydrogen (secondary N) is 1. The minimum absolute atomic E-state index is 0.00726. The number of benzene rings is 10. The molecule has 0 aliphatic carbocycles. The van der Waals surface area contributed by atoms with Crippen LogP contribution in [0.2, 0.25) is 0 Å². The molecule has 626 valence electrons. The molecule has 3 aliphatic heterocycles. The lowest BCUT2D eigenvalue weighted by molar-refractivity contribution is 0.0541. The molecular formula is C97H109N3O19. The highest BCUT2D eigenvalue weighted by molar-refractivity contribution is 5.99. The monoisotopic (exact) mass is 1620 g/mol. The Kier molecular flexibility index (Phi) is 35.2. The average molecular weight is 1620 g/mol. The number of fused-ring (bicyclic) bond motifs is 3. The van der Waals surface area contributed by atoms with E-state index in [1.54, 1.807) is 44.4 Å². The number of methoxy groups -OCH3 is 3. The Labute approximate surface area is 697 Å². The van der Waals surface area contributed by atoms with Gasteiger partial charge >= 0.3 is 5.97 Å². The standard InChI is InChI=1S/C37H39NO6.C24H22O4.C23H29NO6.C13H19NO3/c1-27(2)31-21-32(37(39)38-23-30-15-10-16-34(33(30)24-38)42-20-19-41-18-17-40-3)36(44-26-29-13-8-5-9-14-29)22-35(31)43-25-28-11-6-4-7-12-28;1-17(2)20-13-21(24(25)26)23(28-16-19-11-7-4-8-12-19)14-22(20)27-15-18-9-5-3-6-10-18;1-15(2)17-11-18(21(26)12-20(17)25)23(27)24-13-16-5-4-6-22(19(16)14-24)30-10-9-29-8-7-28-3;1-15-5-6-16-7-8-17-13-4-2-3-11-9-14-10-12(11)13/h4-16,21-22H,1,17-20,23-26H2,2-3H3;3-14H,1,15-16H2,2H3,(H,25,26);4-6,11-12,15,25-26H,7-10,13-14H2,1-3H3;2-4,14H,5-10H2,1H3. The van der Waals surface area contributed by atoms with Crippen LogP contribution >= 0.6 is 0 Å². The Bertz CT molecular complexity index is 4850. The second-order valence-electron chi connectivity index (χ2n) is 28.7. The lowest BCUT2D eigenvalue weighted by atomic mass is 9.98. The van der Waals surface area contributed by atoms with Crippen molar-refractivity contribution < 1.29 is 91.3 Å². The molecule has 2 amide bonds. The summed E-state index contributed by atoms with van der Waals surface area (Å²) in [5.41, 5.74) is 15.0. The molecule has 0 unspecified atom stereocenters. The van der Waals surface area contributed by atoms with Gasteiger partial charge in [-0.2, -0.15) is 0 Å². The van der Waals surface area contributed by atoms with Crippen molar-refractivity contribution in [3.05, 3.63) is 314 Å². The molecule has 3 heterocycles. The topological polar surface area (TPSA) is 250 Å². The number of phenols is 2. The van der Waals surface area contributed by atoms with Crippen LogP contribution in [0.15, 0.2) is 225 Å². The molecule has 10 aromatic rings. The van der Waals surface area contributed by atoms with Crippen molar-refractivity contribution in [2.45, 2.75) is 99.3 Å². The zero-order chi connectivity index (χ0) is 84.3. The lowest BCUT2D eigenvalue weighted by Crippen LogP contribution is -2.26. The molecule has 119 heavy (non-hydrogen) atoms. The van der Waals surface area contributed by atoms with E-state index >= 15 is 0 Å². The fourth-order valence-corrected chi connectivity index (χ4v) is 13.3. The fourth-order valence-electron chi connectivity index (χ4n) is 13.3. The van der Waals surface area contributed by atoms with E-state index in [1.165, 1.54) is 17.2 Å². The molecule has 3 aliphatic rings. The minimum atomic E-state index is -1.06. The lowest BCUT2D eigenvalue weighted by Gasteiger charge is -2.21. The number of allylic oxidation sites excluding steroid dienone is 2. The number of hydrogen-bond acceptors (Lipinski definition) is 19. The number of carboxylic acid groups (broad SMARTS) is 1. The largest absolute Gasteiger partial charge is 0.508 e. The summed E-state index contributed by atoms with van der Waals surface area (Å²) in [5.74, 6) is 2.71. The van der Waals surface area contributed by atoms with E-state index in [-0.39, 0.29) is 52.7 Å². The predicted octanol–water partition coefficient (Wildman–Crippen LogP) is 17.4. The molecule has 0 fully saturated rings. The zero-order valence-electron chi connectivity index (χ0n) is 69.0. The van der Waals surface area contributed by atoms with Crippen LogP contribution in [-0.4, -0.2) is 144 Å². The molecule has 22 heteroatoms. The number of amides is 2. The van der Waals surface area contributed by atoms with E-state index in [0.717, 1.165) is 91.6 Å². The molecule has 0 saturated carbocycles. The van der Waals surface area contributed by atoms with E-state index < -0.39 is 5.97 Å². The summed E-state index contributed by atoms with van der Waals surface area (Å²) in [6, 6.07) is 66.8. The third-order valence-electron chi connectivity index (χ3n) is 19.5. The van der Waals surface area contributed by atoms with Gasteiger partial charge in [-0.15, -0.1) is 0 Å². The molecule has 10 aromatic carbocycles. The van der Waals surface area contributed by atoms with Crippen molar-refractivity contribution in [3.63, 3.8) is 0 Å². The number of hydrogen-bond donors (Lipinski definition) is 4. The maximum atomic E-state index is 14.2. The number of carboxylic acids is 1. The van der Waals surface area contributed by atoms with Gasteiger partial charge in [0.25, 0.3) is 11.8 Å². The van der Waals surface area contributed by atoms with Crippen LogP contribution in [0.1, 0.15) is 137 Å². The number of carbonyl (C=O) groups is 3. The van der Waals surface area contributed by atoms with Crippen molar-refractivity contribution in [2.24, 2.45) is 0 Å². The second-order valence-corrected chi connectivity index (χ2v) is 28.7. The third kappa shape index (κ3) is 26.5. The summed E-state index contributed by atoms with van der Waals surface area (Å²) >= 11 is 0. The first-order valence-corrected chi connectivity index (χ1v) is 39.7. The molecule has 4 N–H and O–H groups in total. The zero-order valence-corrected chi connectivity index (χ0v) is 69.0. The molecule has 22 nitrogen and oxygen atoms in total. The number of aromatic carboxylic acids is 1. The first-order chi connectivity index (χ1) is 57.9. The fraction of sp³-hybridized carbons (Fsp3) is 0.309. The van der Waals surface area contributed by atoms with Gasteiger partial charge in [-0.05, 0) is 112 Å². The van der Waals surface area contributed by atoms with Gasteiger partial charge in [0.05, 0.1) is 83.7 Å².